The number of benzene rings is 2. The van der Waals surface area contributed by atoms with Crippen LogP contribution in [0.5, 0.6) is 5.75 Å². The van der Waals surface area contributed by atoms with E-state index in [0.29, 0.717) is 35.6 Å². The third-order valence-corrected chi connectivity index (χ3v) is 5.13. The summed E-state index contributed by atoms with van der Waals surface area (Å²) >= 11 is 0. The van der Waals surface area contributed by atoms with Gasteiger partial charge >= 0.3 is 5.97 Å². The van der Waals surface area contributed by atoms with Crippen LogP contribution in [0.15, 0.2) is 48.5 Å². The molecule has 0 unspecified atom stereocenters. The average Bonchev–Trinajstić information content (AvgIpc) is 3.32. The topological polar surface area (TPSA) is 90.9 Å². The Kier molecular flexibility index (Phi) is 8.39. The Morgan fingerprint density at radius 3 is 2.38 bits per heavy atom. The van der Waals surface area contributed by atoms with Crippen LogP contribution in [0.1, 0.15) is 60.2 Å². The van der Waals surface area contributed by atoms with Gasteiger partial charge in [0.25, 0.3) is 0 Å². The molecule has 0 aliphatic carbocycles. The summed E-state index contributed by atoms with van der Waals surface area (Å²) in [6.45, 7) is 4.72. The number of hydrogen-bond donors (Lipinski definition) is 1. The van der Waals surface area contributed by atoms with Gasteiger partial charge in [0.05, 0.1) is 11.7 Å². The second kappa shape index (κ2) is 11.4. The summed E-state index contributed by atoms with van der Waals surface area (Å²) in [7, 11) is 0. The van der Waals surface area contributed by atoms with E-state index in [4.69, 9.17) is 14.2 Å². The third kappa shape index (κ3) is 6.65. The van der Waals surface area contributed by atoms with E-state index in [1.165, 1.54) is 6.92 Å². The summed E-state index contributed by atoms with van der Waals surface area (Å²) in [6, 6.07) is 13.1. The maximum absolute atomic E-state index is 12.6. The van der Waals surface area contributed by atoms with Crippen LogP contribution in [0.2, 0.25) is 0 Å². The minimum atomic E-state index is -0.946. The molecule has 1 fully saturated rings. The Morgan fingerprint density at radius 1 is 1.06 bits per heavy atom. The molecule has 2 atom stereocenters. The highest BCUT2D eigenvalue weighted by atomic mass is 16.5. The van der Waals surface area contributed by atoms with E-state index < -0.39 is 12.1 Å². The van der Waals surface area contributed by atoms with Gasteiger partial charge in [0.15, 0.2) is 6.10 Å². The molecule has 1 N–H and O–H groups in total. The van der Waals surface area contributed by atoms with Crippen LogP contribution in [-0.4, -0.2) is 43.1 Å². The van der Waals surface area contributed by atoms with Crippen LogP contribution < -0.4 is 10.1 Å². The Labute approximate surface area is 188 Å². The van der Waals surface area contributed by atoms with E-state index in [1.54, 1.807) is 48.5 Å². The van der Waals surface area contributed by atoms with Crippen LogP contribution in [0.25, 0.3) is 0 Å². The number of carbonyl (C=O) groups excluding carboxylic acids is 3. The minimum Gasteiger partial charge on any atom is -0.491 e. The van der Waals surface area contributed by atoms with Gasteiger partial charge in [-0.15, -0.1) is 0 Å². The van der Waals surface area contributed by atoms with Crippen molar-refractivity contribution in [1.82, 2.24) is 0 Å². The van der Waals surface area contributed by atoms with Crippen molar-refractivity contribution in [3.05, 3.63) is 59.7 Å². The molecule has 1 heterocycles. The molecule has 1 saturated heterocycles. The minimum absolute atomic E-state index is 0.0721. The number of Topliss-reactive ketones (excluding diaryl/α,β-unsaturated/α-hetero) is 1. The molecule has 0 spiro atoms. The zero-order valence-corrected chi connectivity index (χ0v) is 18.5. The second-order valence-corrected chi connectivity index (χ2v) is 7.76. The molecule has 0 saturated carbocycles. The molecule has 32 heavy (non-hydrogen) atoms. The highest BCUT2D eigenvalue weighted by Crippen LogP contribution is 2.18. The Hall–Kier alpha value is -3.19. The molecular weight excluding hydrogens is 410 g/mol. The number of ketones is 1. The van der Waals surface area contributed by atoms with Crippen molar-refractivity contribution < 1.29 is 28.6 Å². The van der Waals surface area contributed by atoms with Gasteiger partial charge in [0.2, 0.25) is 11.7 Å². The monoisotopic (exact) mass is 439 g/mol. The average molecular weight is 440 g/mol. The zero-order chi connectivity index (χ0) is 22.9. The van der Waals surface area contributed by atoms with Gasteiger partial charge in [0, 0.05) is 24.3 Å². The van der Waals surface area contributed by atoms with Crippen LogP contribution in [0.4, 0.5) is 5.69 Å². The van der Waals surface area contributed by atoms with Crippen molar-refractivity contribution in [1.29, 1.82) is 0 Å². The normalized spacial score (nSPS) is 16.2. The molecule has 1 aliphatic rings. The Balaban J connectivity index is 1.50. The van der Waals surface area contributed by atoms with Gasteiger partial charge in [-0.1, -0.05) is 6.92 Å². The van der Waals surface area contributed by atoms with Crippen LogP contribution in [0.3, 0.4) is 0 Å². The fourth-order valence-electron chi connectivity index (χ4n) is 3.34. The lowest BCUT2D eigenvalue weighted by Gasteiger charge is -2.14. The molecule has 2 aromatic rings. The molecule has 0 radical (unpaired) electrons. The van der Waals surface area contributed by atoms with Gasteiger partial charge in [0.1, 0.15) is 12.4 Å². The number of anilines is 1. The standard InChI is InChI=1S/C25H29NO6/c1-3-5-23(27)26-20-11-7-18(8-12-20)24(28)17(2)32-25(29)19-9-13-21(14-10-19)31-16-22-6-4-15-30-22/h7-14,17,22H,3-6,15-16H2,1-2H3,(H,26,27)/t17-,22-/m1/s1. The van der Waals surface area contributed by atoms with Crippen molar-refractivity contribution in [3.8, 4) is 5.75 Å². The summed E-state index contributed by atoms with van der Waals surface area (Å²) in [5.41, 5.74) is 1.35. The Morgan fingerprint density at radius 2 is 1.75 bits per heavy atom. The molecule has 0 aromatic heterocycles. The maximum atomic E-state index is 12.6. The first kappa shape index (κ1) is 23.5. The predicted molar refractivity (Wildman–Crippen MR) is 120 cm³/mol. The van der Waals surface area contributed by atoms with Gasteiger partial charge in [-0.05, 0) is 74.7 Å². The number of carbonyl (C=O) groups is 3. The van der Waals surface area contributed by atoms with E-state index in [0.717, 1.165) is 25.9 Å². The van der Waals surface area contributed by atoms with Crippen LogP contribution >= 0.6 is 0 Å². The molecule has 170 valence electrons. The molecule has 1 aliphatic heterocycles. The lowest BCUT2D eigenvalue weighted by molar-refractivity contribution is -0.116. The van der Waals surface area contributed by atoms with E-state index in [2.05, 4.69) is 5.32 Å². The maximum Gasteiger partial charge on any atom is 0.338 e. The van der Waals surface area contributed by atoms with Crippen molar-refractivity contribution in [3.63, 3.8) is 0 Å². The first-order chi connectivity index (χ1) is 15.5. The summed E-state index contributed by atoms with van der Waals surface area (Å²) in [5.74, 6) is -0.328. The van der Waals surface area contributed by atoms with Gasteiger partial charge < -0.3 is 19.5 Å². The lowest BCUT2D eigenvalue weighted by Crippen LogP contribution is -2.24. The highest BCUT2D eigenvalue weighted by molar-refractivity contribution is 6.02. The quantitative estimate of drug-likeness (QED) is 0.436. The smallest absolute Gasteiger partial charge is 0.338 e. The number of amides is 1. The van der Waals surface area contributed by atoms with E-state index >= 15 is 0 Å². The third-order valence-electron chi connectivity index (χ3n) is 5.13. The number of nitrogens with one attached hydrogen (secondary N) is 1. The SMILES string of the molecule is CCCC(=O)Nc1ccc(C(=O)[C@@H](C)OC(=O)c2ccc(OC[C@H]3CCCO3)cc2)cc1. The number of rotatable bonds is 10. The summed E-state index contributed by atoms with van der Waals surface area (Å²) in [6.07, 6.45) is 2.42. The van der Waals surface area contributed by atoms with E-state index in [-0.39, 0.29) is 17.8 Å². The van der Waals surface area contributed by atoms with Crippen LogP contribution in [0, 0.1) is 0 Å². The van der Waals surface area contributed by atoms with Gasteiger partial charge in [-0.3, -0.25) is 9.59 Å². The highest BCUT2D eigenvalue weighted by Gasteiger charge is 2.21. The molecule has 1 amide bonds. The van der Waals surface area contributed by atoms with Crippen molar-refractivity contribution in [2.75, 3.05) is 18.5 Å². The first-order valence-electron chi connectivity index (χ1n) is 11.0. The summed E-state index contributed by atoms with van der Waals surface area (Å²) in [5, 5.41) is 2.77. The lowest BCUT2D eigenvalue weighted by atomic mass is 10.1. The number of hydrogen-bond acceptors (Lipinski definition) is 6. The largest absolute Gasteiger partial charge is 0.491 e. The van der Waals surface area contributed by atoms with Gasteiger partial charge in [-0.25, -0.2) is 4.79 Å². The van der Waals surface area contributed by atoms with E-state index in [9.17, 15) is 14.4 Å². The number of esters is 1. The first-order valence-corrected chi connectivity index (χ1v) is 11.0. The van der Waals surface area contributed by atoms with Crippen molar-refractivity contribution in [2.45, 2.75) is 51.7 Å². The summed E-state index contributed by atoms with van der Waals surface area (Å²) < 4.78 is 16.6. The molecular formula is C25H29NO6. The zero-order valence-electron chi connectivity index (χ0n) is 18.5. The van der Waals surface area contributed by atoms with Crippen molar-refractivity contribution >= 4 is 23.3 Å². The molecule has 0 bridgehead atoms. The second-order valence-electron chi connectivity index (χ2n) is 7.76. The number of ether oxygens (including phenoxy) is 3. The van der Waals surface area contributed by atoms with Gasteiger partial charge in [-0.2, -0.15) is 0 Å². The molecule has 7 heteroatoms. The molecule has 7 nitrogen and oxygen atoms in total. The Bertz CT molecular complexity index is 916. The fourth-order valence-corrected chi connectivity index (χ4v) is 3.34. The van der Waals surface area contributed by atoms with E-state index in [1.807, 2.05) is 6.92 Å². The predicted octanol–water partition coefficient (Wildman–Crippen LogP) is 4.41. The van der Waals surface area contributed by atoms with Crippen LogP contribution in [-0.2, 0) is 14.3 Å². The molecule has 2 aromatic carbocycles. The molecule has 3 rings (SSSR count). The fraction of sp³-hybridized carbons (Fsp3) is 0.400. The summed E-state index contributed by atoms with van der Waals surface area (Å²) in [4.78, 5) is 36.7. The van der Waals surface area contributed by atoms with Crippen molar-refractivity contribution in [2.24, 2.45) is 0 Å².